The van der Waals surface area contributed by atoms with E-state index in [9.17, 15) is 9.50 Å². The van der Waals surface area contributed by atoms with E-state index in [2.05, 4.69) is 36.8 Å². The van der Waals surface area contributed by atoms with Gasteiger partial charge >= 0.3 is 0 Å². The maximum Gasteiger partial charge on any atom is 0.171 e. The minimum absolute atomic E-state index is 0.0878. The molecule has 100 valence electrons. The molecule has 0 saturated carbocycles. The Morgan fingerprint density at radius 1 is 1.37 bits per heavy atom. The second kappa shape index (κ2) is 5.98. The van der Waals surface area contributed by atoms with Crippen molar-refractivity contribution in [2.24, 2.45) is 0 Å². The summed E-state index contributed by atoms with van der Waals surface area (Å²) in [6.45, 7) is 0. The largest absolute Gasteiger partial charge is 0.494 e. The van der Waals surface area contributed by atoms with Gasteiger partial charge in [0.1, 0.15) is 6.10 Å². The molecule has 1 unspecified atom stereocenters. The van der Waals surface area contributed by atoms with Gasteiger partial charge in [-0.05, 0) is 44.0 Å². The predicted molar refractivity (Wildman–Crippen MR) is 76.7 cm³/mol. The van der Waals surface area contributed by atoms with Crippen molar-refractivity contribution in [2.75, 3.05) is 7.11 Å². The van der Waals surface area contributed by atoms with E-state index in [1.807, 2.05) is 0 Å². The summed E-state index contributed by atoms with van der Waals surface area (Å²) in [4.78, 5) is 4.10. The average Bonchev–Trinajstić information content (AvgIpc) is 2.38. The molecule has 2 rings (SSSR count). The van der Waals surface area contributed by atoms with Crippen LogP contribution in [0.4, 0.5) is 4.39 Å². The zero-order valence-electron chi connectivity index (χ0n) is 9.90. The SMILES string of the molecule is COc1cccc(C(O)c2ncc(Br)cc2Br)c1F. The summed E-state index contributed by atoms with van der Waals surface area (Å²) >= 11 is 6.57. The lowest BCUT2D eigenvalue weighted by atomic mass is 10.0. The summed E-state index contributed by atoms with van der Waals surface area (Å²) in [5, 5.41) is 10.3. The number of benzene rings is 1. The quantitative estimate of drug-likeness (QED) is 0.865. The number of pyridine rings is 1. The molecule has 1 N–H and O–H groups in total. The highest BCUT2D eigenvalue weighted by molar-refractivity contribution is 9.11. The van der Waals surface area contributed by atoms with Gasteiger partial charge in [-0.15, -0.1) is 0 Å². The monoisotopic (exact) mass is 389 g/mol. The summed E-state index contributed by atoms with van der Waals surface area (Å²) in [5.41, 5.74) is 0.463. The third-order valence-corrected chi connectivity index (χ3v) is 3.67. The van der Waals surface area contributed by atoms with Crippen molar-refractivity contribution in [1.82, 2.24) is 4.98 Å². The van der Waals surface area contributed by atoms with Crippen molar-refractivity contribution in [3.05, 3.63) is 56.5 Å². The van der Waals surface area contributed by atoms with Crippen molar-refractivity contribution >= 4 is 31.9 Å². The number of halogens is 3. The molecule has 0 aliphatic rings. The smallest absolute Gasteiger partial charge is 0.171 e. The summed E-state index contributed by atoms with van der Waals surface area (Å²) < 4.78 is 20.3. The maximum atomic E-state index is 14.1. The standard InChI is InChI=1S/C13H10Br2FNO2/c1-19-10-4-2-3-8(11(10)16)13(18)12-9(15)5-7(14)6-17-12/h2-6,13,18H,1H3. The number of hydrogen-bond acceptors (Lipinski definition) is 3. The molecule has 6 heteroatoms. The number of methoxy groups -OCH3 is 1. The first-order valence-electron chi connectivity index (χ1n) is 5.36. The lowest BCUT2D eigenvalue weighted by Gasteiger charge is -2.14. The molecule has 1 aromatic carbocycles. The predicted octanol–water partition coefficient (Wildman–Crippen LogP) is 3.84. The van der Waals surface area contributed by atoms with Gasteiger partial charge < -0.3 is 9.84 Å². The Labute approximate surface area is 126 Å². The van der Waals surface area contributed by atoms with Gasteiger partial charge in [-0.1, -0.05) is 12.1 Å². The summed E-state index contributed by atoms with van der Waals surface area (Å²) in [7, 11) is 1.38. The van der Waals surface area contributed by atoms with E-state index in [-0.39, 0.29) is 11.3 Å². The molecule has 0 amide bonds. The Morgan fingerprint density at radius 2 is 2.11 bits per heavy atom. The van der Waals surface area contributed by atoms with Crippen LogP contribution in [-0.4, -0.2) is 17.2 Å². The van der Waals surface area contributed by atoms with Crippen LogP contribution in [0.15, 0.2) is 39.4 Å². The first-order chi connectivity index (χ1) is 9.04. The molecule has 2 aromatic rings. The van der Waals surface area contributed by atoms with Gasteiger partial charge in [0.25, 0.3) is 0 Å². The molecule has 0 saturated heterocycles. The van der Waals surface area contributed by atoms with Crippen LogP contribution >= 0.6 is 31.9 Å². The summed E-state index contributed by atoms with van der Waals surface area (Å²) in [6, 6.07) is 6.35. The van der Waals surface area contributed by atoms with Crippen molar-refractivity contribution < 1.29 is 14.2 Å². The highest BCUT2D eigenvalue weighted by Gasteiger charge is 2.21. The molecule has 1 aromatic heterocycles. The highest BCUT2D eigenvalue weighted by atomic mass is 79.9. The second-order valence-electron chi connectivity index (χ2n) is 3.79. The molecular weight excluding hydrogens is 381 g/mol. The second-order valence-corrected chi connectivity index (χ2v) is 5.56. The van der Waals surface area contributed by atoms with Crippen molar-refractivity contribution in [3.63, 3.8) is 0 Å². The van der Waals surface area contributed by atoms with E-state index in [1.54, 1.807) is 18.3 Å². The molecule has 0 fully saturated rings. The Kier molecular flexibility index (Phi) is 4.54. The number of hydrogen-bond donors (Lipinski definition) is 1. The zero-order chi connectivity index (χ0) is 14.0. The number of aliphatic hydroxyl groups is 1. The topological polar surface area (TPSA) is 42.4 Å². The molecule has 1 heterocycles. The van der Waals surface area contributed by atoms with Gasteiger partial charge in [0, 0.05) is 20.7 Å². The van der Waals surface area contributed by atoms with Crippen molar-refractivity contribution in [2.45, 2.75) is 6.10 Å². The third-order valence-electron chi connectivity index (χ3n) is 2.60. The van der Waals surface area contributed by atoms with E-state index >= 15 is 0 Å². The van der Waals surface area contributed by atoms with Crippen LogP contribution in [0.5, 0.6) is 5.75 Å². The number of aliphatic hydroxyl groups excluding tert-OH is 1. The molecule has 0 aliphatic carbocycles. The first-order valence-corrected chi connectivity index (χ1v) is 6.94. The number of nitrogens with zero attached hydrogens (tertiary/aromatic N) is 1. The Morgan fingerprint density at radius 3 is 2.74 bits per heavy atom. The van der Waals surface area contributed by atoms with Crippen LogP contribution in [0.1, 0.15) is 17.4 Å². The summed E-state index contributed by atoms with van der Waals surface area (Å²) in [6.07, 6.45) is 0.374. The highest BCUT2D eigenvalue weighted by Crippen LogP contribution is 2.32. The van der Waals surface area contributed by atoms with Gasteiger partial charge in [-0.3, -0.25) is 4.98 Å². The first kappa shape index (κ1) is 14.4. The average molecular weight is 391 g/mol. The van der Waals surface area contributed by atoms with Crippen LogP contribution in [0, 0.1) is 5.82 Å². The zero-order valence-corrected chi connectivity index (χ0v) is 13.1. The molecule has 3 nitrogen and oxygen atoms in total. The summed E-state index contributed by atoms with van der Waals surface area (Å²) in [5.74, 6) is -0.501. The maximum absolute atomic E-state index is 14.1. The number of ether oxygens (including phenoxy) is 1. The third kappa shape index (κ3) is 2.96. The van der Waals surface area contributed by atoms with Gasteiger partial charge in [-0.25, -0.2) is 4.39 Å². The van der Waals surface area contributed by atoms with Crippen LogP contribution in [0.25, 0.3) is 0 Å². The van der Waals surface area contributed by atoms with Gasteiger partial charge in [0.15, 0.2) is 11.6 Å². The van der Waals surface area contributed by atoms with Gasteiger partial charge in [0.05, 0.1) is 12.8 Å². The van der Waals surface area contributed by atoms with E-state index in [1.165, 1.54) is 19.2 Å². The van der Waals surface area contributed by atoms with Gasteiger partial charge in [0.2, 0.25) is 0 Å². The lowest BCUT2D eigenvalue weighted by Crippen LogP contribution is -2.06. The van der Waals surface area contributed by atoms with E-state index in [0.717, 1.165) is 4.47 Å². The molecule has 0 aliphatic heterocycles. The fourth-order valence-electron chi connectivity index (χ4n) is 1.67. The van der Waals surface area contributed by atoms with Crippen molar-refractivity contribution in [1.29, 1.82) is 0 Å². The van der Waals surface area contributed by atoms with E-state index < -0.39 is 11.9 Å². The molecule has 0 bridgehead atoms. The molecule has 1 atom stereocenters. The van der Waals surface area contributed by atoms with E-state index in [0.29, 0.717) is 10.2 Å². The Hall–Kier alpha value is -0.980. The molecule has 0 spiro atoms. The normalized spacial score (nSPS) is 12.3. The van der Waals surface area contributed by atoms with Gasteiger partial charge in [-0.2, -0.15) is 0 Å². The van der Waals surface area contributed by atoms with E-state index in [4.69, 9.17) is 4.74 Å². The number of rotatable bonds is 3. The Balaban J connectivity index is 2.47. The molecule has 19 heavy (non-hydrogen) atoms. The molecular formula is C13H10Br2FNO2. The van der Waals surface area contributed by atoms with Crippen LogP contribution in [0.3, 0.4) is 0 Å². The van der Waals surface area contributed by atoms with Crippen LogP contribution in [0.2, 0.25) is 0 Å². The fraction of sp³-hybridized carbons (Fsp3) is 0.154. The van der Waals surface area contributed by atoms with Crippen molar-refractivity contribution in [3.8, 4) is 5.75 Å². The minimum Gasteiger partial charge on any atom is -0.494 e. The number of aromatic nitrogens is 1. The fourth-order valence-corrected chi connectivity index (χ4v) is 2.87. The Bertz CT molecular complexity index is 607. The lowest BCUT2D eigenvalue weighted by molar-refractivity contribution is 0.207. The van der Waals surface area contributed by atoms with Crippen LogP contribution in [-0.2, 0) is 0 Å². The van der Waals surface area contributed by atoms with Crippen LogP contribution < -0.4 is 4.74 Å². The molecule has 0 radical (unpaired) electrons. The minimum atomic E-state index is -1.17.